The van der Waals surface area contributed by atoms with Crippen molar-refractivity contribution in [1.82, 2.24) is 0 Å². The van der Waals surface area contributed by atoms with Gasteiger partial charge in [-0.05, 0) is 121 Å². The maximum Gasteiger partial charge on any atom is 0.178 e. The summed E-state index contributed by atoms with van der Waals surface area (Å²) in [7, 11) is 5.18. The molecule has 5 aromatic carbocycles. The van der Waals surface area contributed by atoms with Crippen LogP contribution in [0.5, 0.6) is 28.7 Å². The number of hydrogen-bond donors (Lipinski definition) is 0. The predicted molar refractivity (Wildman–Crippen MR) is 222 cm³/mol. The zero-order valence-corrected chi connectivity index (χ0v) is 33.1. The smallest absolute Gasteiger partial charge is 0.178 e. The van der Waals surface area contributed by atoms with Crippen LogP contribution in [0.25, 0.3) is 28.0 Å². The van der Waals surface area contributed by atoms with Gasteiger partial charge in [0.2, 0.25) is 0 Å². The van der Waals surface area contributed by atoms with E-state index < -0.39 is 5.60 Å². The van der Waals surface area contributed by atoms with Crippen molar-refractivity contribution in [3.8, 4) is 39.9 Å². The Kier molecular flexibility index (Phi) is 8.81. The maximum absolute atomic E-state index is 7.65. The van der Waals surface area contributed by atoms with E-state index in [-0.39, 0.29) is 4.93 Å². The molecule has 0 aromatic heterocycles. The molecule has 0 saturated heterocycles. The lowest BCUT2D eigenvalue weighted by molar-refractivity contribution is 0.0132. The van der Waals surface area contributed by atoms with E-state index in [0.717, 1.165) is 58.1 Å². The normalized spacial score (nSPS) is 19.7. The molecule has 2 aliphatic heterocycles. The molecule has 282 valence electrons. The second kappa shape index (κ2) is 13.9. The molecule has 55 heavy (non-hydrogen) atoms. The predicted octanol–water partition coefficient (Wildman–Crippen LogP) is 12.3. The Balaban J connectivity index is 1.20. The summed E-state index contributed by atoms with van der Waals surface area (Å²) in [6.45, 7) is 0. The third kappa shape index (κ3) is 5.64. The largest absolute Gasteiger partial charge is 0.497 e. The topological polar surface area (TPSA) is 46.2 Å². The highest BCUT2D eigenvalue weighted by Gasteiger charge is 2.53. The molecule has 0 bridgehead atoms. The Morgan fingerprint density at radius 1 is 0.618 bits per heavy atom. The molecule has 6 heteroatoms. The quantitative estimate of drug-likeness (QED) is 0.165. The first-order valence-electron chi connectivity index (χ1n) is 20.4. The Hall–Kier alpha value is -4.55. The molecule has 0 unspecified atom stereocenters. The number of methoxy groups -OCH3 is 3. The lowest BCUT2D eigenvalue weighted by atomic mass is 9.74. The summed E-state index contributed by atoms with van der Waals surface area (Å²) in [6, 6.07) is 28.1. The Bertz CT molecular complexity index is 2210. The van der Waals surface area contributed by atoms with Crippen LogP contribution in [0.2, 0.25) is 0 Å². The van der Waals surface area contributed by atoms with Crippen LogP contribution in [0.15, 0.2) is 89.8 Å². The number of fused-ring (bicyclic) bond motifs is 9. The molecule has 0 radical (unpaired) electrons. The van der Waals surface area contributed by atoms with Crippen molar-refractivity contribution in [2.75, 3.05) is 21.3 Å². The summed E-state index contributed by atoms with van der Waals surface area (Å²) < 4.78 is 32.1. The van der Waals surface area contributed by atoms with Gasteiger partial charge in [0, 0.05) is 33.9 Å². The fourth-order valence-corrected chi connectivity index (χ4v) is 12.2. The molecule has 0 spiro atoms. The van der Waals surface area contributed by atoms with Crippen molar-refractivity contribution in [3.05, 3.63) is 113 Å². The first-order valence-corrected chi connectivity index (χ1v) is 21.2. The van der Waals surface area contributed by atoms with Gasteiger partial charge in [0.1, 0.15) is 28.7 Å². The summed E-state index contributed by atoms with van der Waals surface area (Å²) in [5.41, 5.74) is 7.63. The summed E-state index contributed by atoms with van der Waals surface area (Å²) in [5, 5.41) is 2.35. The summed E-state index contributed by atoms with van der Waals surface area (Å²) in [4.78, 5) is 1.05. The molecule has 0 N–H and O–H groups in total. The Morgan fingerprint density at radius 3 is 1.82 bits per heavy atom. The minimum Gasteiger partial charge on any atom is -0.497 e. The highest BCUT2D eigenvalue weighted by Crippen LogP contribution is 2.62. The zero-order chi connectivity index (χ0) is 37.1. The van der Waals surface area contributed by atoms with Crippen molar-refractivity contribution >= 4 is 28.6 Å². The van der Waals surface area contributed by atoms with E-state index in [1.807, 2.05) is 24.3 Å². The standard InChI is InChI=1S/C49H50O5S/c1-50-36-19-15-32(16-20-36)48(33-17-21-37(51-2)22-18-33)27-26-41-40-24-14-31-28-38(52-3)23-25-39(31)46(40)42-29-44-45(30-43(42)47(41)54-48)55-49(53-44,34-10-6-4-7-11-34)35-12-8-5-9-13-35/h15-23,25-30,34-35H,4-14,24H2,1-3H3. The van der Waals surface area contributed by atoms with Gasteiger partial charge in [-0.1, -0.05) is 86.7 Å². The molecule has 0 amide bonds. The first-order chi connectivity index (χ1) is 27.0. The fourth-order valence-electron chi connectivity index (χ4n) is 10.5. The van der Waals surface area contributed by atoms with Crippen molar-refractivity contribution in [1.29, 1.82) is 0 Å². The molecule has 2 fully saturated rings. The highest BCUT2D eigenvalue weighted by molar-refractivity contribution is 8.01. The van der Waals surface area contributed by atoms with Gasteiger partial charge in [0.25, 0.3) is 0 Å². The maximum atomic E-state index is 7.65. The zero-order valence-electron chi connectivity index (χ0n) is 32.2. The number of aryl methyl sites for hydroxylation is 1. The SMILES string of the molecule is COc1ccc(C2(c3ccc(OC)cc3)C=Cc3c4c(c5cc6c(cc5c3O2)SC(C2CCCCC2)(C2CCCCC2)O6)-c2ccc(OC)cc2CC4)cc1. The highest BCUT2D eigenvalue weighted by atomic mass is 32.2. The third-order valence-corrected chi connectivity index (χ3v) is 15.0. The van der Waals surface area contributed by atoms with Crippen LogP contribution in [-0.2, 0) is 18.4 Å². The Labute approximate surface area is 329 Å². The van der Waals surface area contributed by atoms with E-state index >= 15 is 0 Å². The molecule has 2 heterocycles. The van der Waals surface area contributed by atoms with Gasteiger partial charge in [-0.3, -0.25) is 0 Å². The Morgan fingerprint density at radius 2 is 1.22 bits per heavy atom. The van der Waals surface area contributed by atoms with Crippen LogP contribution in [-0.4, -0.2) is 26.3 Å². The fraction of sp³-hybridized carbons (Fsp3) is 0.388. The molecule has 5 nitrogen and oxygen atoms in total. The van der Waals surface area contributed by atoms with Crippen molar-refractivity contribution < 1.29 is 23.7 Å². The van der Waals surface area contributed by atoms with E-state index in [1.54, 1.807) is 21.3 Å². The van der Waals surface area contributed by atoms with Gasteiger partial charge in [-0.2, -0.15) is 0 Å². The molecular formula is C49H50O5S. The summed E-state index contributed by atoms with van der Waals surface area (Å²) >= 11 is 2.05. The van der Waals surface area contributed by atoms with E-state index in [9.17, 15) is 0 Å². The van der Waals surface area contributed by atoms with E-state index in [0.29, 0.717) is 11.8 Å². The number of hydrogen-bond acceptors (Lipinski definition) is 6. The molecule has 2 saturated carbocycles. The molecule has 5 aliphatic rings. The number of thioether (sulfide) groups is 1. The second-order valence-corrected chi connectivity index (χ2v) is 17.5. The minimum atomic E-state index is -0.872. The van der Waals surface area contributed by atoms with Gasteiger partial charge >= 0.3 is 0 Å². The number of rotatable bonds is 7. The molecule has 3 aliphatic carbocycles. The molecule has 5 aromatic rings. The van der Waals surface area contributed by atoms with Crippen LogP contribution < -0.4 is 23.7 Å². The van der Waals surface area contributed by atoms with Crippen LogP contribution in [0.4, 0.5) is 0 Å². The second-order valence-electron chi connectivity index (χ2n) is 16.2. The first kappa shape index (κ1) is 34.9. The lowest BCUT2D eigenvalue weighted by Crippen LogP contribution is -2.47. The third-order valence-electron chi connectivity index (χ3n) is 13.4. The number of benzene rings is 5. The van der Waals surface area contributed by atoms with Crippen molar-refractivity contribution in [2.45, 2.75) is 92.5 Å². The van der Waals surface area contributed by atoms with Crippen molar-refractivity contribution in [2.24, 2.45) is 11.8 Å². The van der Waals surface area contributed by atoms with E-state index in [4.69, 9.17) is 23.7 Å². The average molecular weight is 751 g/mol. The van der Waals surface area contributed by atoms with Crippen LogP contribution in [0.1, 0.15) is 92.0 Å². The van der Waals surface area contributed by atoms with Crippen LogP contribution in [0.3, 0.4) is 0 Å². The molecule has 10 rings (SSSR count). The monoisotopic (exact) mass is 750 g/mol. The van der Waals surface area contributed by atoms with Gasteiger partial charge in [-0.25, -0.2) is 0 Å². The van der Waals surface area contributed by atoms with Crippen LogP contribution in [0, 0.1) is 11.8 Å². The van der Waals surface area contributed by atoms with Gasteiger partial charge in [0.05, 0.1) is 26.2 Å². The average Bonchev–Trinajstić information content (AvgIpc) is 3.65. The van der Waals surface area contributed by atoms with E-state index in [2.05, 4.69) is 78.5 Å². The molecule has 0 atom stereocenters. The van der Waals surface area contributed by atoms with Gasteiger partial charge in [-0.15, -0.1) is 0 Å². The van der Waals surface area contributed by atoms with Crippen LogP contribution >= 0.6 is 11.8 Å². The minimum absolute atomic E-state index is 0.206. The van der Waals surface area contributed by atoms with E-state index in [1.165, 1.54) is 102 Å². The number of ether oxygens (including phenoxy) is 5. The summed E-state index contributed by atoms with van der Waals surface area (Å²) in [6.07, 6.45) is 19.4. The lowest BCUT2D eigenvalue weighted by Gasteiger charge is -2.45. The molecular weight excluding hydrogens is 701 g/mol. The van der Waals surface area contributed by atoms with Crippen molar-refractivity contribution in [3.63, 3.8) is 0 Å². The van der Waals surface area contributed by atoms with Gasteiger partial charge in [0.15, 0.2) is 10.5 Å². The summed E-state index contributed by atoms with van der Waals surface area (Å²) in [5.74, 6) is 5.67. The van der Waals surface area contributed by atoms with Gasteiger partial charge < -0.3 is 23.7 Å².